The summed E-state index contributed by atoms with van der Waals surface area (Å²) in [6, 6.07) is 0. The number of hydrogen-bond acceptors (Lipinski definition) is 4. The number of Topliss-reactive ketones (excluding diaryl/α,β-unsaturated/α-hetero) is 1. The van der Waals surface area contributed by atoms with E-state index < -0.39 is 16.8 Å². The van der Waals surface area contributed by atoms with Crippen LogP contribution in [-0.2, 0) is 9.53 Å². The minimum absolute atomic E-state index is 0.143. The van der Waals surface area contributed by atoms with Gasteiger partial charge in [0, 0.05) is 26.2 Å². The third-order valence-corrected chi connectivity index (χ3v) is 4.69. The van der Waals surface area contributed by atoms with Crippen LogP contribution >= 0.6 is 0 Å². The minimum Gasteiger partial charge on any atom is -0.484 e. The van der Waals surface area contributed by atoms with Crippen molar-refractivity contribution in [3.05, 3.63) is 12.3 Å². The predicted octanol–water partition coefficient (Wildman–Crippen LogP) is 1.30. The maximum atomic E-state index is 11.3. The summed E-state index contributed by atoms with van der Waals surface area (Å²) >= 11 is 0. The maximum Gasteiger partial charge on any atom is 0.193 e. The maximum absolute atomic E-state index is 11.3. The van der Waals surface area contributed by atoms with Gasteiger partial charge in [-0.1, -0.05) is 6.58 Å². The zero-order chi connectivity index (χ0) is 13.2. The minimum atomic E-state index is -0.828. The molecular formula is C14H20O4. The van der Waals surface area contributed by atoms with Gasteiger partial charge in [0.15, 0.2) is 11.5 Å². The van der Waals surface area contributed by atoms with E-state index in [1.807, 2.05) is 0 Å². The van der Waals surface area contributed by atoms with Gasteiger partial charge in [0.05, 0.1) is 11.2 Å². The molecule has 4 aliphatic carbocycles. The summed E-state index contributed by atoms with van der Waals surface area (Å²) in [5.41, 5.74) is -2.25. The molecule has 2 atom stereocenters. The van der Waals surface area contributed by atoms with Crippen LogP contribution in [0.15, 0.2) is 12.3 Å². The lowest BCUT2D eigenvalue weighted by Gasteiger charge is -2.62. The lowest BCUT2D eigenvalue weighted by molar-refractivity contribution is -0.257. The fraction of sp³-hybridized carbons (Fsp3) is 0.786. The van der Waals surface area contributed by atoms with Gasteiger partial charge in [-0.25, -0.2) is 0 Å². The smallest absolute Gasteiger partial charge is 0.193 e. The standard InChI is InChI=1S/C14H20O4/c1-9(15)10(2)18-14-5-11-3-12(16,7-14)6-13(17,4-11)8-14/h11,16-17H,2-8H2,1H3. The van der Waals surface area contributed by atoms with E-state index in [4.69, 9.17) is 4.74 Å². The van der Waals surface area contributed by atoms with Gasteiger partial charge in [-0.2, -0.15) is 0 Å². The first-order valence-electron chi connectivity index (χ1n) is 6.57. The van der Waals surface area contributed by atoms with Crippen molar-refractivity contribution in [2.24, 2.45) is 5.92 Å². The van der Waals surface area contributed by atoms with E-state index in [0.29, 0.717) is 19.3 Å². The summed E-state index contributed by atoms with van der Waals surface area (Å²) in [5.74, 6) is 0.241. The molecule has 4 heteroatoms. The van der Waals surface area contributed by atoms with Crippen LogP contribution in [0.3, 0.4) is 0 Å². The van der Waals surface area contributed by atoms with Crippen LogP contribution in [0.4, 0.5) is 0 Å². The molecule has 100 valence electrons. The van der Waals surface area contributed by atoms with Gasteiger partial charge in [-0.3, -0.25) is 4.79 Å². The number of aliphatic hydroxyl groups is 2. The fourth-order valence-corrected chi connectivity index (χ4v) is 4.70. The summed E-state index contributed by atoms with van der Waals surface area (Å²) in [4.78, 5) is 11.3. The molecule has 2 N–H and O–H groups in total. The first kappa shape index (κ1) is 12.2. The fourth-order valence-electron chi connectivity index (χ4n) is 4.70. The number of rotatable bonds is 3. The van der Waals surface area contributed by atoms with Crippen LogP contribution in [-0.4, -0.2) is 32.8 Å². The van der Waals surface area contributed by atoms with E-state index in [1.165, 1.54) is 6.92 Å². The van der Waals surface area contributed by atoms with Crippen LogP contribution < -0.4 is 0 Å². The molecule has 0 radical (unpaired) electrons. The quantitative estimate of drug-likeness (QED) is 0.587. The van der Waals surface area contributed by atoms with E-state index in [-0.39, 0.29) is 17.5 Å². The van der Waals surface area contributed by atoms with Gasteiger partial charge in [0.2, 0.25) is 0 Å². The molecule has 0 aromatic carbocycles. The molecule has 0 aliphatic heterocycles. The number of allylic oxidation sites excluding steroid dienone is 1. The molecule has 18 heavy (non-hydrogen) atoms. The summed E-state index contributed by atoms with van der Waals surface area (Å²) in [6.07, 6.45) is 3.74. The first-order chi connectivity index (χ1) is 8.23. The van der Waals surface area contributed by atoms with E-state index in [1.54, 1.807) is 0 Å². The molecule has 4 nitrogen and oxygen atoms in total. The van der Waals surface area contributed by atoms with Gasteiger partial charge in [0.1, 0.15) is 5.60 Å². The number of carbonyl (C=O) groups is 1. The molecule has 0 amide bonds. The topological polar surface area (TPSA) is 66.8 Å². The molecule has 2 unspecified atom stereocenters. The highest BCUT2D eigenvalue weighted by Gasteiger charge is 2.64. The van der Waals surface area contributed by atoms with Gasteiger partial charge in [-0.15, -0.1) is 0 Å². The second kappa shape index (κ2) is 3.36. The molecule has 0 aromatic rings. The molecule has 0 saturated heterocycles. The Kier molecular flexibility index (Phi) is 2.28. The van der Waals surface area contributed by atoms with Gasteiger partial charge in [-0.05, 0) is 25.2 Å². The zero-order valence-electron chi connectivity index (χ0n) is 10.7. The normalized spacial score (nSPS) is 49.2. The van der Waals surface area contributed by atoms with Gasteiger partial charge < -0.3 is 14.9 Å². The second-order valence-corrected chi connectivity index (χ2v) is 6.72. The van der Waals surface area contributed by atoms with E-state index in [2.05, 4.69) is 6.58 Å². The number of carbonyl (C=O) groups excluding carboxylic acids is 1. The molecule has 0 aromatic heterocycles. The molecule has 4 fully saturated rings. The first-order valence-corrected chi connectivity index (χ1v) is 6.57. The van der Waals surface area contributed by atoms with Crippen molar-refractivity contribution in [2.75, 3.05) is 0 Å². The van der Waals surface area contributed by atoms with Crippen molar-refractivity contribution in [2.45, 2.75) is 62.3 Å². The lowest BCUT2D eigenvalue weighted by atomic mass is 9.50. The Morgan fingerprint density at radius 1 is 1.17 bits per heavy atom. The summed E-state index contributed by atoms with van der Waals surface area (Å²) < 4.78 is 5.78. The zero-order valence-corrected chi connectivity index (χ0v) is 10.7. The van der Waals surface area contributed by atoms with Gasteiger partial charge in [0.25, 0.3) is 0 Å². The van der Waals surface area contributed by atoms with Crippen LogP contribution in [0.2, 0.25) is 0 Å². The third kappa shape index (κ3) is 1.79. The monoisotopic (exact) mass is 252 g/mol. The number of hydrogen-bond donors (Lipinski definition) is 2. The Balaban J connectivity index is 1.89. The number of ether oxygens (including phenoxy) is 1. The van der Waals surface area contributed by atoms with Crippen LogP contribution in [0.1, 0.15) is 45.4 Å². The Bertz CT molecular complexity index is 410. The van der Waals surface area contributed by atoms with E-state index >= 15 is 0 Å². The predicted molar refractivity (Wildman–Crippen MR) is 64.7 cm³/mol. The van der Waals surface area contributed by atoms with Crippen LogP contribution in [0.5, 0.6) is 0 Å². The average Bonchev–Trinajstić information content (AvgIpc) is 2.09. The van der Waals surface area contributed by atoms with Gasteiger partial charge >= 0.3 is 0 Å². The number of ketones is 1. The largest absolute Gasteiger partial charge is 0.484 e. The molecule has 0 spiro atoms. The van der Waals surface area contributed by atoms with E-state index in [0.717, 1.165) is 19.3 Å². The third-order valence-electron chi connectivity index (χ3n) is 4.69. The summed E-state index contributed by atoms with van der Waals surface area (Å²) in [6.45, 7) is 5.06. The van der Waals surface area contributed by atoms with Crippen molar-refractivity contribution < 1.29 is 19.7 Å². The average molecular weight is 252 g/mol. The van der Waals surface area contributed by atoms with Crippen molar-refractivity contribution in [3.8, 4) is 0 Å². The lowest BCUT2D eigenvalue weighted by Crippen LogP contribution is -2.66. The molecule has 0 heterocycles. The Morgan fingerprint density at radius 2 is 1.72 bits per heavy atom. The highest BCUT2D eigenvalue weighted by molar-refractivity contribution is 5.90. The molecular weight excluding hydrogens is 232 g/mol. The molecule has 4 aliphatic rings. The molecule has 4 saturated carbocycles. The Labute approximate surface area is 107 Å². The van der Waals surface area contributed by atoms with Crippen LogP contribution in [0, 0.1) is 5.92 Å². The van der Waals surface area contributed by atoms with Crippen molar-refractivity contribution >= 4 is 5.78 Å². The molecule has 4 rings (SSSR count). The van der Waals surface area contributed by atoms with Crippen LogP contribution in [0.25, 0.3) is 0 Å². The second-order valence-electron chi connectivity index (χ2n) is 6.72. The Hall–Kier alpha value is -0.870. The highest BCUT2D eigenvalue weighted by atomic mass is 16.5. The molecule has 4 bridgehead atoms. The van der Waals surface area contributed by atoms with E-state index in [9.17, 15) is 15.0 Å². The SMILES string of the molecule is C=C(OC12CC3CC(O)(CC(O)(C3)C1)C2)C(C)=O. The Morgan fingerprint density at radius 3 is 2.17 bits per heavy atom. The highest BCUT2D eigenvalue weighted by Crippen LogP contribution is 2.60. The van der Waals surface area contributed by atoms with Crippen molar-refractivity contribution in [1.29, 1.82) is 0 Å². The summed E-state index contributed by atoms with van der Waals surface area (Å²) in [7, 11) is 0. The van der Waals surface area contributed by atoms with Crippen molar-refractivity contribution in [3.63, 3.8) is 0 Å². The van der Waals surface area contributed by atoms with Crippen molar-refractivity contribution in [1.82, 2.24) is 0 Å². The summed E-state index contributed by atoms with van der Waals surface area (Å²) in [5, 5.41) is 21.1.